The lowest BCUT2D eigenvalue weighted by Crippen LogP contribution is -2.39. The highest BCUT2D eigenvalue weighted by molar-refractivity contribution is 5.85. The first-order valence-electron chi connectivity index (χ1n) is 7.55. The van der Waals surface area contributed by atoms with Crippen LogP contribution in [0.25, 0.3) is 11.0 Å². The molecule has 0 saturated carbocycles. The molecule has 0 aliphatic carbocycles. The van der Waals surface area contributed by atoms with Gasteiger partial charge in [-0.2, -0.15) is 0 Å². The largest absolute Gasteiger partial charge is 0.481 e. The molecule has 0 fully saturated rings. The average Bonchev–Trinajstić information content (AvgIpc) is 2.52. The summed E-state index contributed by atoms with van der Waals surface area (Å²) in [4.78, 5) is 34.6. The van der Waals surface area contributed by atoms with Gasteiger partial charge in [0.1, 0.15) is 17.9 Å². The minimum atomic E-state index is -0.826. The molecule has 2 aromatic rings. The lowest BCUT2D eigenvalue weighted by molar-refractivity contribution is -0.144. The Hall–Kier alpha value is -2.83. The van der Waals surface area contributed by atoms with Crippen LogP contribution in [0.2, 0.25) is 0 Å². The molecule has 1 amide bonds. The van der Waals surface area contributed by atoms with Crippen LogP contribution in [0.3, 0.4) is 0 Å². The van der Waals surface area contributed by atoms with Gasteiger partial charge in [-0.1, -0.05) is 0 Å². The van der Waals surface area contributed by atoms with Gasteiger partial charge in [-0.15, -0.1) is 0 Å². The van der Waals surface area contributed by atoms with E-state index in [0.717, 1.165) is 10.9 Å². The lowest BCUT2D eigenvalue weighted by Gasteiger charge is -2.14. The summed E-state index contributed by atoms with van der Waals surface area (Å²) in [5.41, 5.74) is 0.738. The molecule has 128 valence electrons. The Bertz CT molecular complexity index is 810. The number of benzene rings is 1. The second-order valence-electron chi connectivity index (χ2n) is 5.19. The van der Waals surface area contributed by atoms with E-state index in [0.29, 0.717) is 11.3 Å². The Morgan fingerprint density at radius 2 is 2.04 bits per heavy atom. The molecule has 1 aromatic heterocycles. The number of ether oxygens (including phenoxy) is 2. The molecule has 7 heteroatoms. The molecule has 0 aliphatic heterocycles. The fourth-order valence-electron chi connectivity index (χ4n) is 2.15. The van der Waals surface area contributed by atoms with Gasteiger partial charge in [0, 0.05) is 17.5 Å². The van der Waals surface area contributed by atoms with E-state index >= 15 is 0 Å². The maximum absolute atomic E-state index is 11.9. The third kappa shape index (κ3) is 4.34. The van der Waals surface area contributed by atoms with Crippen molar-refractivity contribution in [2.24, 2.45) is 0 Å². The quantitative estimate of drug-likeness (QED) is 0.636. The highest BCUT2D eigenvalue weighted by atomic mass is 16.5. The van der Waals surface area contributed by atoms with Crippen molar-refractivity contribution < 1.29 is 23.5 Å². The van der Waals surface area contributed by atoms with Gasteiger partial charge in [0.05, 0.1) is 6.61 Å². The van der Waals surface area contributed by atoms with Crippen LogP contribution in [-0.4, -0.2) is 31.1 Å². The Kier molecular flexibility index (Phi) is 5.57. The fraction of sp³-hybridized carbons (Fsp3) is 0.353. The number of fused-ring (bicyclic) bond motifs is 1. The number of nitrogens with one attached hydrogen (secondary N) is 1. The van der Waals surface area contributed by atoms with E-state index in [1.807, 2.05) is 6.92 Å². The van der Waals surface area contributed by atoms with Crippen LogP contribution in [0, 0.1) is 6.92 Å². The standard InChI is InChI=1S/C17H19NO6/c1-4-22-16(20)9-18-17(21)11(3)23-12-5-6-13-10(2)7-15(19)24-14(13)8-12/h5-8,11H,4,9H2,1-3H3,(H,18,21)/t11-/m0/s1. The third-order valence-electron chi connectivity index (χ3n) is 3.32. The Morgan fingerprint density at radius 3 is 2.75 bits per heavy atom. The van der Waals surface area contributed by atoms with E-state index in [4.69, 9.17) is 13.9 Å². The second kappa shape index (κ2) is 7.63. The summed E-state index contributed by atoms with van der Waals surface area (Å²) in [6.07, 6.45) is -0.826. The Balaban J connectivity index is 2.04. The van der Waals surface area contributed by atoms with Gasteiger partial charge in [0.15, 0.2) is 6.10 Å². The van der Waals surface area contributed by atoms with Crippen LogP contribution >= 0.6 is 0 Å². The number of carbonyl (C=O) groups is 2. The third-order valence-corrected chi connectivity index (χ3v) is 3.32. The molecule has 0 unspecified atom stereocenters. The number of hydrogen-bond donors (Lipinski definition) is 1. The zero-order valence-corrected chi connectivity index (χ0v) is 13.8. The van der Waals surface area contributed by atoms with Crippen LogP contribution in [0.1, 0.15) is 19.4 Å². The van der Waals surface area contributed by atoms with E-state index in [9.17, 15) is 14.4 Å². The van der Waals surface area contributed by atoms with E-state index in [2.05, 4.69) is 5.32 Å². The van der Waals surface area contributed by atoms with Crippen molar-refractivity contribution in [3.8, 4) is 5.75 Å². The normalized spacial score (nSPS) is 11.8. The molecule has 7 nitrogen and oxygen atoms in total. The maximum atomic E-state index is 11.9. The van der Waals surface area contributed by atoms with Crippen molar-refractivity contribution in [3.63, 3.8) is 0 Å². The molecule has 1 heterocycles. The smallest absolute Gasteiger partial charge is 0.336 e. The van der Waals surface area contributed by atoms with Crippen LogP contribution < -0.4 is 15.7 Å². The molecule has 0 aliphatic rings. The van der Waals surface area contributed by atoms with E-state index in [1.54, 1.807) is 32.0 Å². The van der Waals surface area contributed by atoms with Gasteiger partial charge in [-0.25, -0.2) is 4.79 Å². The molecule has 1 aromatic carbocycles. The van der Waals surface area contributed by atoms with Crippen LogP contribution in [0.4, 0.5) is 0 Å². The predicted octanol–water partition coefficient (Wildman–Crippen LogP) is 1.55. The van der Waals surface area contributed by atoms with Gasteiger partial charge in [0.2, 0.25) is 0 Å². The maximum Gasteiger partial charge on any atom is 0.336 e. The van der Waals surface area contributed by atoms with Gasteiger partial charge >= 0.3 is 11.6 Å². The Labute approximate surface area is 138 Å². The van der Waals surface area contributed by atoms with Crippen molar-refractivity contribution in [1.29, 1.82) is 0 Å². The number of esters is 1. The zero-order valence-electron chi connectivity index (χ0n) is 13.8. The van der Waals surface area contributed by atoms with Gasteiger partial charge in [-0.05, 0) is 38.5 Å². The Morgan fingerprint density at radius 1 is 1.29 bits per heavy atom. The number of amides is 1. The summed E-state index contributed by atoms with van der Waals surface area (Å²) < 4.78 is 15.4. The first-order valence-corrected chi connectivity index (χ1v) is 7.55. The average molecular weight is 333 g/mol. The summed E-state index contributed by atoms with van der Waals surface area (Å²) in [6, 6.07) is 6.41. The second-order valence-corrected chi connectivity index (χ2v) is 5.19. The molecular formula is C17H19NO6. The number of carbonyl (C=O) groups excluding carboxylic acids is 2. The van der Waals surface area contributed by atoms with Crippen molar-refractivity contribution in [2.45, 2.75) is 26.9 Å². The minimum Gasteiger partial charge on any atom is -0.481 e. The van der Waals surface area contributed by atoms with Crippen LogP contribution in [0.15, 0.2) is 33.5 Å². The van der Waals surface area contributed by atoms with Crippen molar-refractivity contribution in [1.82, 2.24) is 5.32 Å². The lowest BCUT2D eigenvalue weighted by atomic mass is 10.1. The topological polar surface area (TPSA) is 94.8 Å². The first kappa shape index (κ1) is 17.5. The number of hydrogen-bond acceptors (Lipinski definition) is 6. The molecule has 0 bridgehead atoms. The summed E-state index contributed by atoms with van der Waals surface area (Å²) in [5, 5.41) is 3.22. The highest BCUT2D eigenvalue weighted by Gasteiger charge is 2.16. The predicted molar refractivity (Wildman–Crippen MR) is 87.0 cm³/mol. The molecule has 0 saturated heterocycles. The van der Waals surface area contributed by atoms with Crippen molar-refractivity contribution in [3.05, 3.63) is 40.2 Å². The van der Waals surface area contributed by atoms with E-state index in [1.165, 1.54) is 6.07 Å². The molecule has 24 heavy (non-hydrogen) atoms. The van der Waals surface area contributed by atoms with Crippen molar-refractivity contribution >= 4 is 22.8 Å². The summed E-state index contributed by atoms with van der Waals surface area (Å²) in [7, 11) is 0. The molecule has 1 N–H and O–H groups in total. The molecular weight excluding hydrogens is 314 g/mol. The first-order chi connectivity index (χ1) is 11.4. The van der Waals surface area contributed by atoms with Crippen LogP contribution in [-0.2, 0) is 14.3 Å². The number of rotatable bonds is 6. The van der Waals surface area contributed by atoms with E-state index in [-0.39, 0.29) is 13.2 Å². The molecule has 2 rings (SSSR count). The number of aryl methyl sites for hydroxylation is 1. The van der Waals surface area contributed by atoms with Gasteiger partial charge in [-0.3, -0.25) is 9.59 Å². The highest BCUT2D eigenvalue weighted by Crippen LogP contribution is 2.22. The van der Waals surface area contributed by atoms with Crippen molar-refractivity contribution in [2.75, 3.05) is 13.2 Å². The molecule has 0 radical (unpaired) electrons. The zero-order chi connectivity index (χ0) is 17.7. The van der Waals surface area contributed by atoms with Crippen LogP contribution in [0.5, 0.6) is 5.75 Å². The minimum absolute atomic E-state index is 0.216. The molecule has 1 atom stereocenters. The van der Waals surface area contributed by atoms with Gasteiger partial charge < -0.3 is 19.2 Å². The fourth-order valence-corrected chi connectivity index (χ4v) is 2.15. The summed E-state index contributed by atoms with van der Waals surface area (Å²) >= 11 is 0. The molecule has 0 spiro atoms. The van der Waals surface area contributed by atoms with Gasteiger partial charge in [0.25, 0.3) is 5.91 Å². The summed E-state index contributed by atoms with van der Waals surface area (Å²) in [6.45, 7) is 5.09. The summed E-state index contributed by atoms with van der Waals surface area (Å²) in [5.74, 6) is -0.579. The van der Waals surface area contributed by atoms with E-state index < -0.39 is 23.6 Å². The SMILES string of the molecule is CCOC(=O)CNC(=O)[C@H](C)Oc1ccc2c(C)cc(=O)oc2c1. The monoisotopic (exact) mass is 333 g/mol.